The van der Waals surface area contributed by atoms with Crippen molar-refractivity contribution in [2.24, 2.45) is 7.05 Å². The molecule has 5 nitrogen and oxygen atoms in total. The van der Waals surface area contributed by atoms with Crippen LogP contribution in [0.25, 0.3) is 0 Å². The lowest BCUT2D eigenvalue weighted by Gasteiger charge is -1.91. The fourth-order valence-corrected chi connectivity index (χ4v) is 0.994. The zero-order valence-electron chi connectivity index (χ0n) is 7.03. The van der Waals surface area contributed by atoms with Gasteiger partial charge in [0, 0.05) is 13.6 Å². The summed E-state index contributed by atoms with van der Waals surface area (Å²) in [5.74, 6) is -0.952. The number of nitrogens with zero attached hydrogens (tertiary/aromatic N) is 2. The first-order valence-corrected chi connectivity index (χ1v) is 3.56. The fourth-order valence-electron chi connectivity index (χ4n) is 0.994. The third-order valence-corrected chi connectivity index (χ3v) is 1.51. The minimum absolute atomic E-state index is 0.209. The van der Waals surface area contributed by atoms with Crippen LogP contribution < -0.4 is 5.32 Å². The van der Waals surface area contributed by atoms with Gasteiger partial charge in [-0.2, -0.15) is 5.10 Å². The lowest BCUT2D eigenvalue weighted by molar-refractivity contribution is 0.0685. The van der Waals surface area contributed by atoms with Crippen LogP contribution in [0.15, 0.2) is 6.07 Å². The van der Waals surface area contributed by atoms with Crippen LogP contribution in [-0.4, -0.2) is 27.9 Å². The van der Waals surface area contributed by atoms with E-state index >= 15 is 0 Å². The molecule has 0 radical (unpaired) electrons. The maximum absolute atomic E-state index is 10.6. The van der Waals surface area contributed by atoms with E-state index in [1.807, 2.05) is 0 Å². The summed E-state index contributed by atoms with van der Waals surface area (Å²) in [4.78, 5) is 10.6. The van der Waals surface area contributed by atoms with Crippen LogP contribution in [0.2, 0.25) is 0 Å². The molecule has 5 heteroatoms. The number of hydrogen-bond donors (Lipinski definition) is 2. The van der Waals surface area contributed by atoms with Gasteiger partial charge in [0.15, 0.2) is 0 Å². The second-order valence-corrected chi connectivity index (χ2v) is 2.48. The first-order valence-electron chi connectivity index (χ1n) is 3.56. The third kappa shape index (κ3) is 1.62. The molecular weight excluding hydrogens is 158 g/mol. The number of nitrogens with one attached hydrogen (secondary N) is 1. The molecule has 0 fully saturated rings. The summed E-state index contributed by atoms with van der Waals surface area (Å²) in [7, 11) is 3.40. The van der Waals surface area contributed by atoms with Crippen molar-refractivity contribution in [1.82, 2.24) is 15.1 Å². The van der Waals surface area contributed by atoms with Gasteiger partial charge < -0.3 is 10.4 Å². The fraction of sp³-hybridized carbons (Fsp3) is 0.429. The van der Waals surface area contributed by atoms with Crippen molar-refractivity contribution in [3.8, 4) is 0 Å². The van der Waals surface area contributed by atoms with Crippen molar-refractivity contribution in [2.75, 3.05) is 7.05 Å². The lowest BCUT2D eigenvalue weighted by atomic mass is 10.3. The van der Waals surface area contributed by atoms with Crippen LogP contribution >= 0.6 is 0 Å². The van der Waals surface area contributed by atoms with Gasteiger partial charge in [0.25, 0.3) is 0 Å². The van der Waals surface area contributed by atoms with Crippen molar-refractivity contribution in [1.29, 1.82) is 0 Å². The maximum Gasteiger partial charge on any atom is 0.354 e. The minimum atomic E-state index is -0.952. The Balaban J connectivity index is 2.92. The summed E-state index contributed by atoms with van der Waals surface area (Å²) in [6.45, 7) is 0.584. The van der Waals surface area contributed by atoms with Crippen molar-refractivity contribution < 1.29 is 9.90 Å². The molecule has 0 saturated heterocycles. The smallest absolute Gasteiger partial charge is 0.354 e. The standard InChI is InChI=1S/C7H11N3O2/c1-8-4-5-3-6(7(11)12)10(2)9-5/h3,8H,4H2,1-2H3,(H,11,12). The Labute approximate surface area is 70.0 Å². The maximum atomic E-state index is 10.6. The molecule has 66 valence electrons. The molecule has 0 aliphatic carbocycles. The molecule has 0 spiro atoms. The van der Waals surface area contributed by atoms with E-state index in [2.05, 4.69) is 10.4 Å². The highest BCUT2D eigenvalue weighted by atomic mass is 16.4. The van der Waals surface area contributed by atoms with E-state index in [0.29, 0.717) is 6.54 Å². The Morgan fingerprint density at radius 1 is 1.83 bits per heavy atom. The first-order chi connectivity index (χ1) is 5.65. The second-order valence-electron chi connectivity index (χ2n) is 2.48. The zero-order chi connectivity index (χ0) is 9.14. The van der Waals surface area contributed by atoms with E-state index in [0.717, 1.165) is 5.69 Å². The number of carboxylic acid groups (broad SMARTS) is 1. The Kier molecular flexibility index (Phi) is 2.44. The second kappa shape index (κ2) is 3.36. The monoisotopic (exact) mass is 169 g/mol. The summed E-state index contributed by atoms with van der Waals surface area (Å²) in [6, 6.07) is 1.55. The molecule has 1 aromatic rings. The van der Waals surface area contributed by atoms with Gasteiger partial charge in [0.2, 0.25) is 0 Å². The molecular formula is C7H11N3O2. The average molecular weight is 169 g/mol. The van der Waals surface area contributed by atoms with Crippen LogP contribution in [0.3, 0.4) is 0 Å². The summed E-state index contributed by atoms with van der Waals surface area (Å²) in [5.41, 5.74) is 0.942. The zero-order valence-corrected chi connectivity index (χ0v) is 7.03. The number of carboxylic acids is 1. The van der Waals surface area contributed by atoms with E-state index in [1.165, 1.54) is 4.68 Å². The summed E-state index contributed by atoms with van der Waals surface area (Å²) >= 11 is 0. The molecule has 0 bridgehead atoms. The molecule has 0 amide bonds. The van der Waals surface area contributed by atoms with E-state index < -0.39 is 5.97 Å². The van der Waals surface area contributed by atoms with Crippen LogP contribution in [0.5, 0.6) is 0 Å². The largest absolute Gasteiger partial charge is 0.477 e. The number of hydrogen-bond acceptors (Lipinski definition) is 3. The molecule has 0 aromatic carbocycles. The van der Waals surface area contributed by atoms with Crippen molar-refractivity contribution in [3.63, 3.8) is 0 Å². The number of aryl methyl sites for hydroxylation is 1. The molecule has 0 unspecified atom stereocenters. The Hall–Kier alpha value is -1.36. The Morgan fingerprint density at radius 3 is 2.92 bits per heavy atom. The van der Waals surface area contributed by atoms with E-state index in [1.54, 1.807) is 20.2 Å². The van der Waals surface area contributed by atoms with E-state index in [-0.39, 0.29) is 5.69 Å². The summed E-state index contributed by atoms with van der Waals surface area (Å²) in [5, 5.41) is 15.6. The summed E-state index contributed by atoms with van der Waals surface area (Å²) < 4.78 is 1.36. The highest BCUT2D eigenvalue weighted by molar-refractivity contribution is 5.85. The first kappa shape index (κ1) is 8.73. The summed E-state index contributed by atoms with van der Waals surface area (Å²) in [6.07, 6.45) is 0. The normalized spacial score (nSPS) is 10.2. The van der Waals surface area contributed by atoms with E-state index in [9.17, 15) is 4.79 Å². The third-order valence-electron chi connectivity index (χ3n) is 1.51. The molecule has 0 saturated carbocycles. The number of rotatable bonds is 3. The van der Waals surface area contributed by atoms with E-state index in [4.69, 9.17) is 5.11 Å². The van der Waals surface area contributed by atoms with Gasteiger partial charge in [0.05, 0.1) is 5.69 Å². The van der Waals surface area contributed by atoms with Crippen LogP contribution in [0.4, 0.5) is 0 Å². The minimum Gasteiger partial charge on any atom is -0.477 e. The molecule has 0 aliphatic rings. The Morgan fingerprint density at radius 2 is 2.50 bits per heavy atom. The molecule has 1 aromatic heterocycles. The average Bonchev–Trinajstić information content (AvgIpc) is 2.32. The van der Waals surface area contributed by atoms with Crippen LogP contribution in [-0.2, 0) is 13.6 Å². The predicted octanol–water partition coefficient (Wildman–Crippen LogP) is -0.162. The van der Waals surface area contributed by atoms with Gasteiger partial charge in [-0.15, -0.1) is 0 Å². The van der Waals surface area contributed by atoms with Gasteiger partial charge >= 0.3 is 5.97 Å². The highest BCUT2D eigenvalue weighted by Crippen LogP contribution is 2.01. The van der Waals surface area contributed by atoms with Crippen LogP contribution in [0, 0.1) is 0 Å². The molecule has 0 atom stereocenters. The van der Waals surface area contributed by atoms with Gasteiger partial charge in [0.1, 0.15) is 5.69 Å². The molecule has 12 heavy (non-hydrogen) atoms. The van der Waals surface area contributed by atoms with Gasteiger partial charge in [-0.1, -0.05) is 0 Å². The lowest BCUT2D eigenvalue weighted by Crippen LogP contribution is -2.06. The number of carbonyl (C=O) groups is 1. The number of aromatic carboxylic acids is 1. The van der Waals surface area contributed by atoms with Gasteiger partial charge in [-0.05, 0) is 13.1 Å². The molecule has 2 N–H and O–H groups in total. The molecule has 1 rings (SSSR count). The molecule has 0 aliphatic heterocycles. The van der Waals surface area contributed by atoms with Crippen molar-refractivity contribution in [3.05, 3.63) is 17.5 Å². The SMILES string of the molecule is CNCc1cc(C(=O)O)n(C)n1. The van der Waals surface area contributed by atoms with Gasteiger partial charge in [-0.3, -0.25) is 4.68 Å². The van der Waals surface area contributed by atoms with Crippen molar-refractivity contribution in [2.45, 2.75) is 6.54 Å². The number of aromatic nitrogens is 2. The van der Waals surface area contributed by atoms with Crippen LogP contribution in [0.1, 0.15) is 16.2 Å². The quantitative estimate of drug-likeness (QED) is 0.659. The predicted molar refractivity (Wildman–Crippen MR) is 42.9 cm³/mol. The van der Waals surface area contributed by atoms with Gasteiger partial charge in [-0.25, -0.2) is 4.79 Å². The topological polar surface area (TPSA) is 67.2 Å². The van der Waals surface area contributed by atoms with Crippen molar-refractivity contribution >= 4 is 5.97 Å². The Bertz CT molecular complexity index is 293. The molecule has 1 heterocycles. The highest BCUT2D eigenvalue weighted by Gasteiger charge is 2.10.